The number of halogens is 1. The predicted octanol–water partition coefficient (Wildman–Crippen LogP) is 5.35. The minimum Gasteiger partial charge on any atom is -0.495 e. The lowest BCUT2D eigenvalue weighted by Gasteiger charge is -2.13. The van der Waals surface area contributed by atoms with Gasteiger partial charge in [-0.1, -0.05) is 60.1 Å². The van der Waals surface area contributed by atoms with Gasteiger partial charge in [0, 0.05) is 0 Å². The zero-order chi connectivity index (χ0) is 16.2. The summed E-state index contributed by atoms with van der Waals surface area (Å²) in [6.45, 7) is 0. The van der Waals surface area contributed by atoms with Crippen molar-refractivity contribution in [2.45, 2.75) is 12.3 Å². The number of benzene rings is 3. The molecule has 3 aromatic carbocycles. The van der Waals surface area contributed by atoms with Gasteiger partial charge < -0.3 is 4.74 Å². The molecule has 1 atom stereocenters. The molecule has 114 valence electrons. The summed E-state index contributed by atoms with van der Waals surface area (Å²) < 4.78 is 5.18. The van der Waals surface area contributed by atoms with Crippen LogP contribution in [0, 0.1) is 11.3 Å². The Hall–Kier alpha value is -2.50. The van der Waals surface area contributed by atoms with Gasteiger partial charge in [-0.05, 0) is 40.5 Å². The molecular formula is C20H16ClNO. The van der Waals surface area contributed by atoms with E-state index in [-0.39, 0.29) is 5.92 Å². The highest BCUT2D eigenvalue weighted by molar-refractivity contribution is 6.32. The van der Waals surface area contributed by atoms with Crippen LogP contribution >= 0.6 is 11.6 Å². The fourth-order valence-electron chi connectivity index (χ4n) is 2.85. The molecule has 0 amide bonds. The van der Waals surface area contributed by atoms with Crippen molar-refractivity contribution in [2.24, 2.45) is 0 Å². The molecule has 0 aliphatic rings. The maximum atomic E-state index is 9.66. The predicted molar refractivity (Wildman–Crippen MR) is 94.0 cm³/mol. The first kappa shape index (κ1) is 15.4. The third-order valence-electron chi connectivity index (χ3n) is 4.01. The van der Waals surface area contributed by atoms with E-state index in [1.54, 1.807) is 7.11 Å². The van der Waals surface area contributed by atoms with E-state index in [4.69, 9.17) is 16.3 Å². The van der Waals surface area contributed by atoms with Crippen LogP contribution in [0.15, 0.2) is 60.7 Å². The van der Waals surface area contributed by atoms with E-state index >= 15 is 0 Å². The second-order valence-corrected chi connectivity index (χ2v) is 5.83. The molecule has 0 radical (unpaired) electrons. The highest BCUT2D eigenvalue weighted by Crippen LogP contribution is 2.30. The number of nitriles is 1. The first-order valence-electron chi connectivity index (χ1n) is 7.42. The molecule has 0 fully saturated rings. The second-order valence-electron chi connectivity index (χ2n) is 5.42. The normalized spacial score (nSPS) is 11.9. The van der Waals surface area contributed by atoms with Crippen LogP contribution in [0.5, 0.6) is 5.75 Å². The van der Waals surface area contributed by atoms with Crippen molar-refractivity contribution in [1.29, 1.82) is 5.26 Å². The van der Waals surface area contributed by atoms with Crippen LogP contribution in [0.2, 0.25) is 5.02 Å². The number of ether oxygens (including phenoxy) is 1. The average molecular weight is 322 g/mol. The van der Waals surface area contributed by atoms with Crippen molar-refractivity contribution in [3.05, 3.63) is 76.8 Å². The van der Waals surface area contributed by atoms with Gasteiger partial charge in [-0.25, -0.2) is 0 Å². The lowest BCUT2D eigenvalue weighted by molar-refractivity contribution is 0.415. The Morgan fingerprint density at radius 2 is 1.87 bits per heavy atom. The molecule has 3 heteroatoms. The number of methoxy groups -OCH3 is 1. The van der Waals surface area contributed by atoms with Gasteiger partial charge in [0.15, 0.2) is 0 Å². The zero-order valence-electron chi connectivity index (χ0n) is 12.8. The summed E-state index contributed by atoms with van der Waals surface area (Å²) in [5.41, 5.74) is 2.08. The Kier molecular flexibility index (Phi) is 4.50. The quantitative estimate of drug-likeness (QED) is 0.648. The van der Waals surface area contributed by atoms with Crippen molar-refractivity contribution in [3.8, 4) is 11.8 Å². The average Bonchev–Trinajstić information content (AvgIpc) is 2.59. The van der Waals surface area contributed by atoms with Gasteiger partial charge >= 0.3 is 0 Å². The minimum absolute atomic E-state index is 0.217. The number of hydrogen-bond donors (Lipinski definition) is 0. The number of rotatable bonds is 4. The fraction of sp³-hybridized carbons (Fsp3) is 0.150. The van der Waals surface area contributed by atoms with E-state index < -0.39 is 0 Å². The van der Waals surface area contributed by atoms with Gasteiger partial charge in [0.05, 0.1) is 24.1 Å². The monoisotopic (exact) mass is 321 g/mol. The number of hydrogen-bond acceptors (Lipinski definition) is 2. The lowest BCUT2D eigenvalue weighted by Crippen LogP contribution is -2.01. The largest absolute Gasteiger partial charge is 0.495 e. The van der Waals surface area contributed by atoms with Crippen LogP contribution < -0.4 is 4.74 Å². The molecule has 0 saturated heterocycles. The summed E-state index contributed by atoms with van der Waals surface area (Å²) in [6.07, 6.45) is 0.619. The molecule has 0 saturated carbocycles. The smallest absolute Gasteiger partial charge is 0.137 e. The molecular weight excluding hydrogens is 306 g/mol. The second kappa shape index (κ2) is 6.73. The lowest BCUT2D eigenvalue weighted by atomic mass is 9.89. The molecule has 23 heavy (non-hydrogen) atoms. The Labute approximate surface area is 140 Å². The fourth-order valence-corrected chi connectivity index (χ4v) is 3.13. The van der Waals surface area contributed by atoms with Crippen LogP contribution in [0.1, 0.15) is 17.0 Å². The van der Waals surface area contributed by atoms with E-state index in [0.29, 0.717) is 17.2 Å². The van der Waals surface area contributed by atoms with E-state index in [0.717, 1.165) is 21.9 Å². The van der Waals surface area contributed by atoms with Crippen molar-refractivity contribution in [3.63, 3.8) is 0 Å². The summed E-state index contributed by atoms with van der Waals surface area (Å²) in [7, 11) is 1.59. The Bertz CT molecular complexity index is 877. The van der Waals surface area contributed by atoms with Crippen molar-refractivity contribution >= 4 is 22.4 Å². The molecule has 2 nitrogen and oxygen atoms in total. The van der Waals surface area contributed by atoms with Gasteiger partial charge in [-0.15, -0.1) is 0 Å². The van der Waals surface area contributed by atoms with Gasteiger partial charge in [0.1, 0.15) is 5.75 Å². The van der Waals surface area contributed by atoms with E-state index in [2.05, 4.69) is 24.3 Å². The molecule has 0 aromatic heterocycles. The first-order valence-corrected chi connectivity index (χ1v) is 7.80. The minimum atomic E-state index is -0.217. The highest BCUT2D eigenvalue weighted by atomic mass is 35.5. The third-order valence-corrected chi connectivity index (χ3v) is 4.31. The summed E-state index contributed by atoms with van der Waals surface area (Å²) in [5.74, 6) is 0.430. The third kappa shape index (κ3) is 3.16. The van der Waals surface area contributed by atoms with Crippen LogP contribution in [0.3, 0.4) is 0 Å². The van der Waals surface area contributed by atoms with Crippen molar-refractivity contribution < 1.29 is 4.74 Å². The summed E-state index contributed by atoms with van der Waals surface area (Å²) in [6, 6.07) is 22.4. The standard InChI is InChI=1S/C20H16ClNO/c1-23-20-10-9-14(12-19(20)21)11-16(13-22)18-8-4-6-15-5-2-3-7-17(15)18/h2-10,12,16H,11H2,1H3. The highest BCUT2D eigenvalue weighted by Gasteiger charge is 2.15. The molecule has 0 aliphatic heterocycles. The zero-order valence-corrected chi connectivity index (χ0v) is 13.5. The van der Waals surface area contributed by atoms with Crippen LogP contribution in [0.4, 0.5) is 0 Å². The molecule has 0 aliphatic carbocycles. The van der Waals surface area contributed by atoms with Crippen LogP contribution in [-0.2, 0) is 6.42 Å². The maximum absolute atomic E-state index is 9.66. The number of fused-ring (bicyclic) bond motifs is 1. The van der Waals surface area contributed by atoms with Crippen LogP contribution in [-0.4, -0.2) is 7.11 Å². The topological polar surface area (TPSA) is 33.0 Å². The molecule has 3 aromatic rings. The Balaban J connectivity index is 1.97. The van der Waals surface area contributed by atoms with E-state index in [1.807, 2.05) is 42.5 Å². The van der Waals surface area contributed by atoms with Gasteiger partial charge in [0.25, 0.3) is 0 Å². The summed E-state index contributed by atoms with van der Waals surface area (Å²) in [4.78, 5) is 0. The van der Waals surface area contributed by atoms with Gasteiger partial charge in [-0.2, -0.15) is 5.26 Å². The Morgan fingerprint density at radius 1 is 1.09 bits per heavy atom. The van der Waals surface area contributed by atoms with Crippen LogP contribution in [0.25, 0.3) is 10.8 Å². The van der Waals surface area contributed by atoms with E-state index in [1.165, 1.54) is 0 Å². The molecule has 0 heterocycles. The Morgan fingerprint density at radius 3 is 2.61 bits per heavy atom. The van der Waals surface area contributed by atoms with Crippen molar-refractivity contribution in [2.75, 3.05) is 7.11 Å². The maximum Gasteiger partial charge on any atom is 0.137 e. The SMILES string of the molecule is COc1ccc(CC(C#N)c2cccc3ccccc23)cc1Cl. The van der Waals surface area contributed by atoms with Crippen molar-refractivity contribution in [1.82, 2.24) is 0 Å². The molecule has 1 unspecified atom stereocenters. The first-order chi connectivity index (χ1) is 11.2. The molecule has 3 rings (SSSR count). The molecule has 0 N–H and O–H groups in total. The van der Waals surface area contributed by atoms with E-state index in [9.17, 15) is 5.26 Å². The van der Waals surface area contributed by atoms with Gasteiger partial charge in [-0.3, -0.25) is 0 Å². The molecule has 0 bridgehead atoms. The number of nitrogens with zero attached hydrogens (tertiary/aromatic N) is 1. The summed E-state index contributed by atoms with van der Waals surface area (Å²) in [5, 5.41) is 12.5. The summed E-state index contributed by atoms with van der Waals surface area (Å²) >= 11 is 6.19. The van der Waals surface area contributed by atoms with Gasteiger partial charge in [0.2, 0.25) is 0 Å². The molecule has 0 spiro atoms.